The number of hydrogen-bond donors (Lipinski definition) is 1. The number of carbonyl (C=O) groups is 3. The van der Waals surface area contributed by atoms with Crippen molar-refractivity contribution in [2.75, 3.05) is 0 Å². The van der Waals surface area contributed by atoms with E-state index in [9.17, 15) is 14.4 Å². The molecule has 0 aromatic carbocycles. The quantitative estimate of drug-likeness (QED) is 0.834. The van der Waals surface area contributed by atoms with Gasteiger partial charge in [0.05, 0.1) is 11.8 Å². The van der Waals surface area contributed by atoms with Crippen LogP contribution in [-0.4, -0.2) is 27.7 Å². The van der Waals surface area contributed by atoms with E-state index in [4.69, 9.17) is 11.6 Å². The first-order valence-electron chi connectivity index (χ1n) is 6.51. The van der Waals surface area contributed by atoms with E-state index in [1.165, 1.54) is 24.5 Å². The SMILES string of the molecule is O=C(NN1C(=O)[C@H]2CC(Cl)=CC[C@H]2C1=O)c1ccncc1. The van der Waals surface area contributed by atoms with Crippen molar-refractivity contribution in [3.05, 3.63) is 41.2 Å². The molecule has 7 heteroatoms. The molecule has 21 heavy (non-hydrogen) atoms. The van der Waals surface area contributed by atoms with Gasteiger partial charge in [-0.1, -0.05) is 17.7 Å². The van der Waals surface area contributed by atoms with Crippen LogP contribution in [0.2, 0.25) is 0 Å². The van der Waals surface area contributed by atoms with E-state index < -0.39 is 23.7 Å². The summed E-state index contributed by atoms with van der Waals surface area (Å²) in [5.41, 5.74) is 2.70. The molecule has 1 saturated heterocycles. The van der Waals surface area contributed by atoms with Crippen LogP contribution in [0.25, 0.3) is 0 Å². The molecule has 1 fully saturated rings. The normalized spacial score (nSPS) is 24.6. The van der Waals surface area contributed by atoms with Crippen LogP contribution in [0.4, 0.5) is 0 Å². The number of halogens is 1. The summed E-state index contributed by atoms with van der Waals surface area (Å²) >= 11 is 5.93. The van der Waals surface area contributed by atoms with E-state index in [1.807, 2.05) is 0 Å². The van der Waals surface area contributed by atoms with Crippen LogP contribution in [0.1, 0.15) is 23.2 Å². The fourth-order valence-corrected chi connectivity index (χ4v) is 2.86. The number of carbonyl (C=O) groups excluding carboxylic acids is 3. The minimum Gasteiger partial charge on any atom is -0.272 e. The molecule has 1 aromatic heterocycles. The van der Waals surface area contributed by atoms with Gasteiger partial charge in [0.15, 0.2) is 0 Å². The lowest BCUT2D eigenvalue weighted by Crippen LogP contribution is -2.46. The molecular formula is C14H12ClN3O3. The first kappa shape index (κ1) is 13.8. The average molecular weight is 306 g/mol. The number of nitrogens with zero attached hydrogens (tertiary/aromatic N) is 2. The van der Waals surface area contributed by atoms with Crippen molar-refractivity contribution in [3.63, 3.8) is 0 Å². The first-order chi connectivity index (χ1) is 10.1. The average Bonchev–Trinajstić information content (AvgIpc) is 2.73. The number of amides is 3. The lowest BCUT2D eigenvalue weighted by molar-refractivity contribution is -0.142. The Kier molecular flexibility index (Phi) is 3.47. The number of imide groups is 1. The highest BCUT2D eigenvalue weighted by Gasteiger charge is 2.49. The summed E-state index contributed by atoms with van der Waals surface area (Å²) in [6, 6.07) is 3.01. The number of allylic oxidation sites excluding steroid dienone is 2. The zero-order valence-electron chi connectivity index (χ0n) is 11.0. The van der Waals surface area contributed by atoms with Crippen LogP contribution >= 0.6 is 11.6 Å². The lowest BCUT2D eigenvalue weighted by Gasteiger charge is -2.17. The summed E-state index contributed by atoms with van der Waals surface area (Å²) in [7, 11) is 0. The maximum Gasteiger partial charge on any atom is 0.270 e. The molecule has 108 valence electrons. The number of rotatable bonds is 2. The van der Waals surface area contributed by atoms with Gasteiger partial charge in [0.2, 0.25) is 0 Å². The van der Waals surface area contributed by atoms with Crippen molar-refractivity contribution in [2.24, 2.45) is 11.8 Å². The van der Waals surface area contributed by atoms with E-state index >= 15 is 0 Å². The zero-order chi connectivity index (χ0) is 15.0. The molecule has 2 aliphatic rings. The smallest absolute Gasteiger partial charge is 0.270 e. The summed E-state index contributed by atoms with van der Waals surface area (Å²) in [5, 5.41) is 1.40. The molecule has 1 aliphatic heterocycles. The van der Waals surface area contributed by atoms with Gasteiger partial charge in [-0.2, -0.15) is 5.01 Å². The maximum absolute atomic E-state index is 12.3. The van der Waals surface area contributed by atoms with Crippen molar-refractivity contribution >= 4 is 29.3 Å². The van der Waals surface area contributed by atoms with Gasteiger partial charge in [-0.3, -0.25) is 24.8 Å². The molecule has 6 nitrogen and oxygen atoms in total. The number of aromatic nitrogens is 1. The Balaban J connectivity index is 1.77. The predicted molar refractivity (Wildman–Crippen MR) is 73.7 cm³/mol. The number of fused-ring (bicyclic) bond motifs is 1. The molecule has 1 aliphatic carbocycles. The highest BCUT2D eigenvalue weighted by Crippen LogP contribution is 2.38. The second-order valence-electron chi connectivity index (χ2n) is 4.99. The summed E-state index contributed by atoms with van der Waals surface area (Å²) in [6.45, 7) is 0. The van der Waals surface area contributed by atoms with Crippen molar-refractivity contribution in [1.29, 1.82) is 0 Å². The lowest BCUT2D eigenvalue weighted by atomic mass is 9.85. The third kappa shape index (κ3) is 2.42. The topological polar surface area (TPSA) is 79.4 Å². The largest absolute Gasteiger partial charge is 0.272 e. The van der Waals surface area contributed by atoms with Crippen LogP contribution in [-0.2, 0) is 9.59 Å². The fraction of sp³-hybridized carbons (Fsp3) is 0.286. The standard InChI is InChI=1S/C14H12ClN3O3/c15-9-1-2-10-11(7-9)14(21)18(13(10)20)17-12(19)8-3-5-16-6-4-8/h1,3-6,10-11H,2,7H2,(H,17,19)/t10-,11+/m1/s1. The third-order valence-corrected chi connectivity index (χ3v) is 4.03. The van der Waals surface area contributed by atoms with Crippen LogP contribution in [0.3, 0.4) is 0 Å². The Morgan fingerprint density at radius 3 is 2.62 bits per heavy atom. The highest BCUT2D eigenvalue weighted by atomic mass is 35.5. The Bertz CT molecular complexity index is 644. The number of hydrazine groups is 1. The number of hydrogen-bond acceptors (Lipinski definition) is 4. The van der Waals surface area contributed by atoms with Crippen LogP contribution in [0, 0.1) is 11.8 Å². The summed E-state index contributed by atoms with van der Waals surface area (Å²) in [6.07, 6.45) is 5.45. The second-order valence-corrected chi connectivity index (χ2v) is 5.48. The van der Waals surface area contributed by atoms with Crippen LogP contribution in [0.15, 0.2) is 35.6 Å². The van der Waals surface area contributed by atoms with E-state index in [-0.39, 0.29) is 5.91 Å². The summed E-state index contributed by atoms with van der Waals surface area (Å²) in [5.74, 6) is -2.21. The van der Waals surface area contributed by atoms with Crippen molar-refractivity contribution in [1.82, 2.24) is 15.4 Å². The minimum atomic E-state index is -0.517. The summed E-state index contributed by atoms with van der Waals surface area (Å²) < 4.78 is 0. The third-order valence-electron chi connectivity index (χ3n) is 3.72. The molecule has 1 aromatic rings. The molecule has 3 amide bonds. The molecule has 2 atom stereocenters. The van der Waals surface area contributed by atoms with Gasteiger partial charge in [0, 0.05) is 23.0 Å². The molecule has 3 rings (SSSR count). The summed E-state index contributed by atoms with van der Waals surface area (Å²) in [4.78, 5) is 40.3. The van der Waals surface area contributed by atoms with Crippen molar-refractivity contribution in [3.8, 4) is 0 Å². The minimum absolute atomic E-state index is 0.330. The van der Waals surface area contributed by atoms with E-state index in [1.54, 1.807) is 6.08 Å². The van der Waals surface area contributed by atoms with Gasteiger partial charge in [-0.15, -0.1) is 0 Å². The van der Waals surface area contributed by atoms with Gasteiger partial charge in [-0.05, 0) is 25.0 Å². The van der Waals surface area contributed by atoms with E-state index in [0.29, 0.717) is 23.4 Å². The van der Waals surface area contributed by atoms with Gasteiger partial charge >= 0.3 is 0 Å². The van der Waals surface area contributed by atoms with Crippen LogP contribution in [0.5, 0.6) is 0 Å². The number of nitrogens with one attached hydrogen (secondary N) is 1. The molecule has 0 bridgehead atoms. The maximum atomic E-state index is 12.3. The Morgan fingerprint density at radius 2 is 1.90 bits per heavy atom. The van der Waals surface area contributed by atoms with Gasteiger partial charge < -0.3 is 0 Å². The van der Waals surface area contributed by atoms with Gasteiger partial charge in [0.1, 0.15) is 0 Å². The molecule has 0 radical (unpaired) electrons. The van der Waals surface area contributed by atoms with Crippen molar-refractivity contribution < 1.29 is 14.4 Å². The Morgan fingerprint density at radius 1 is 1.24 bits per heavy atom. The van der Waals surface area contributed by atoms with Gasteiger partial charge in [0.25, 0.3) is 17.7 Å². The Labute approximate surface area is 125 Å². The van der Waals surface area contributed by atoms with E-state index in [0.717, 1.165) is 5.01 Å². The van der Waals surface area contributed by atoms with Crippen LogP contribution < -0.4 is 5.43 Å². The molecule has 2 heterocycles. The Hall–Kier alpha value is -2.21. The van der Waals surface area contributed by atoms with Gasteiger partial charge in [-0.25, -0.2) is 0 Å². The zero-order valence-corrected chi connectivity index (χ0v) is 11.7. The molecule has 0 saturated carbocycles. The molecule has 1 N–H and O–H groups in total. The highest BCUT2D eigenvalue weighted by molar-refractivity contribution is 6.30. The van der Waals surface area contributed by atoms with E-state index in [2.05, 4.69) is 10.4 Å². The number of pyridine rings is 1. The van der Waals surface area contributed by atoms with Crippen molar-refractivity contribution in [2.45, 2.75) is 12.8 Å². The first-order valence-corrected chi connectivity index (χ1v) is 6.89. The molecular weight excluding hydrogens is 294 g/mol. The monoisotopic (exact) mass is 305 g/mol. The second kappa shape index (κ2) is 5.29. The molecule has 0 spiro atoms. The molecule has 0 unspecified atom stereocenters. The predicted octanol–water partition coefficient (Wildman–Crippen LogP) is 1.24. The fourth-order valence-electron chi connectivity index (χ4n) is 2.61.